The number of aromatic nitrogens is 2. The molecule has 5 heteroatoms. The highest BCUT2D eigenvalue weighted by atomic mass is 35.5. The first kappa shape index (κ1) is 19.1. The Morgan fingerprint density at radius 2 is 1.65 bits per heavy atom. The van der Waals surface area contributed by atoms with Crippen LogP contribution in [0, 0.1) is 5.92 Å². The molecule has 1 aliphatic heterocycles. The van der Waals surface area contributed by atoms with Crippen LogP contribution in [-0.4, -0.2) is 34.3 Å². The highest BCUT2D eigenvalue weighted by Gasteiger charge is 2.25. The zero-order valence-corrected chi connectivity index (χ0v) is 16.0. The summed E-state index contributed by atoms with van der Waals surface area (Å²) in [5.74, 6) is 0.902. The Labute approximate surface area is 161 Å². The largest absolute Gasteiger partial charge is 0.303 e. The van der Waals surface area contributed by atoms with Gasteiger partial charge in [0.1, 0.15) is 0 Å². The van der Waals surface area contributed by atoms with Crippen LogP contribution in [0.15, 0.2) is 47.4 Å². The highest BCUT2D eigenvalue weighted by molar-refractivity contribution is 5.85. The summed E-state index contributed by atoms with van der Waals surface area (Å²) in [5, 5.41) is 4.40. The first-order valence-electron chi connectivity index (χ1n) is 9.67. The van der Waals surface area contributed by atoms with Crippen LogP contribution >= 0.6 is 12.4 Å². The second kappa shape index (κ2) is 8.83. The van der Waals surface area contributed by atoms with Crippen molar-refractivity contribution in [1.82, 2.24) is 14.7 Å². The zero-order chi connectivity index (χ0) is 17.1. The molecule has 1 saturated heterocycles. The topological polar surface area (TPSA) is 38.1 Å². The lowest BCUT2D eigenvalue weighted by atomic mass is 10.0. The van der Waals surface area contributed by atoms with Crippen LogP contribution in [0.2, 0.25) is 0 Å². The van der Waals surface area contributed by atoms with Crippen molar-refractivity contribution in [3.63, 3.8) is 0 Å². The maximum absolute atomic E-state index is 12.9. The Kier molecular flexibility index (Phi) is 6.49. The summed E-state index contributed by atoms with van der Waals surface area (Å²) in [6, 6.07) is 12.0. The molecule has 2 heterocycles. The van der Waals surface area contributed by atoms with Gasteiger partial charge >= 0.3 is 0 Å². The van der Waals surface area contributed by atoms with Gasteiger partial charge in [0.2, 0.25) is 0 Å². The van der Waals surface area contributed by atoms with Crippen LogP contribution in [0.4, 0.5) is 0 Å². The van der Waals surface area contributed by atoms with Crippen LogP contribution in [0.25, 0.3) is 11.1 Å². The smallest absolute Gasteiger partial charge is 0.274 e. The van der Waals surface area contributed by atoms with Gasteiger partial charge in [-0.2, -0.15) is 5.10 Å². The molecule has 1 saturated carbocycles. The third-order valence-electron chi connectivity index (χ3n) is 5.85. The molecule has 4 rings (SSSR count). The minimum absolute atomic E-state index is 0. The molecule has 0 amide bonds. The van der Waals surface area contributed by atoms with Gasteiger partial charge in [-0.15, -0.1) is 12.4 Å². The fourth-order valence-corrected chi connectivity index (χ4v) is 4.43. The Morgan fingerprint density at radius 3 is 2.35 bits per heavy atom. The SMILES string of the molecule is Cl.O=c1c(-c2ccccc2)ccnn1C1CCN(CC2CCCC2)CC1. The Bertz CT molecular complexity index is 747. The van der Waals surface area contributed by atoms with E-state index >= 15 is 0 Å². The van der Waals surface area contributed by atoms with Crippen LogP contribution in [0.5, 0.6) is 0 Å². The molecule has 0 unspecified atom stereocenters. The van der Waals surface area contributed by atoms with E-state index in [1.807, 2.05) is 36.4 Å². The summed E-state index contributed by atoms with van der Waals surface area (Å²) < 4.78 is 1.73. The van der Waals surface area contributed by atoms with Crippen LogP contribution in [0.3, 0.4) is 0 Å². The third-order valence-corrected chi connectivity index (χ3v) is 5.85. The summed E-state index contributed by atoms with van der Waals surface area (Å²) >= 11 is 0. The molecule has 0 radical (unpaired) electrons. The van der Waals surface area contributed by atoms with Crippen LogP contribution in [-0.2, 0) is 0 Å². The van der Waals surface area contributed by atoms with E-state index in [2.05, 4.69) is 10.00 Å². The normalized spacial score (nSPS) is 19.4. The molecular formula is C21H28ClN3O. The van der Waals surface area contributed by atoms with Crippen molar-refractivity contribution in [2.45, 2.75) is 44.6 Å². The minimum Gasteiger partial charge on any atom is -0.303 e. The van der Waals surface area contributed by atoms with Crippen molar-refractivity contribution < 1.29 is 0 Å². The molecule has 1 aromatic carbocycles. The Hall–Kier alpha value is -1.65. The lowest BCUT2D eigenvalue weighted by molar-refractivity contribution is 0.156. The van der Waals surface area contributed by atoms with E-state index in [4.69, 9.17) is 0 Å². The van der Waals surface area contributed by atoms with Gasteiger partial charge in [-0.05, 0) is 43.2 Å². The first-order chi connectivity index (χ1) is 12.3. The average molecular weight is 374 g/mol. The molecular weight excluding hydrogens is 346 g/mol. The summed E-state index contributed by atoms with van der Waals surface area (Å²) in [5.41, 5.74) is 1.77. The van der Waals surface area contributed by atoms with E-state index in [1.54, 1.807) is 10.9 Å². The fourth-order valence-electron chi connectivity index (χ4n) is 4.43. The number of benzene rings is 1. The van der Waals surface area contributed by atoms with E-state index < -0.39 is 0 Å². The number of nitrogens with zero attached hydrogens (tertiary/aromatic N) is 3. The quantitative estimate of drug-likeness (QED) is 0.807. The monoisotopic (exact) mass is 373 g/mol. The lowest BCUT2D eigenvalue weighted by Gasteiger charge is -2.33. The van der Waals surface area contributed by atoms with Crippen LogP contribution < -0.4 is 5.56 Å². The molecule has 2 fully saturated rings. The Morgan fingerprint density at radius 1 is 0.962 bits per heavy atom. The first-order valence-corrected chi connectivity index (χ1v) is 9.67. The number of halogens is 1. The fraction of sp³-hybridized carbons (Fsp3) is 0.524. The van der Waals surface area contributed by atoms with E-state index in [0.29, 0.717) is 0 Å². The van der Waals surface area contributed by atoms with Gasteiger partial charge in [0, 0.05) is 25.8 Å². The van der Waals surface area contributed by atoms with Gasteiger partial charge in [-0.3, -0.25) is 4.79 Å². The maximum Gasteiger partial charge on any atom is 0.274 e. The van der Waals surface area contributed by atoms with Crippen molar-refractivity contribution in [3.8, 4) is 11.1 Å². The maximum atomic E-state index is 12.9. The molecule has 1 aliphatic carbocycles. The van der Waals surface area contributed by atoms with E-state index in [1.165, 1.54) is 32.2 Å². The molecule has 2 aliphatic rings. The summed E-state index contributed by atoms with van der Waals surface area (Å²) in [4.78, 5) is 15.5. The van der Waals surface area contributed by atoms with E-state index in [-0.39, 0.29) is 24.0 Å². The van der Waals surface area contributed by atoms with Gasteiger partial charge in [-0.1, -0.05) is 43.2 Å². The number of likely N-dealkylation sites (tertiary alicyclic amines) is 1. The van der Waals surface area contributed by atoms with Crippen molar-refractivity contribution in [1.29, 1.82) is 0 Å². The second-order valence-corrected chi connectivity index (χ2v) is 7.54. The zero-order valence-electron chi connectivity index (χ0n) is 15.2. The van der Waals surface area contributed by atoms with Crippen molar-refractivity contribution in [3.05, 3.63) is 52.9 Å². The molecule has 0 N–H and O–H groups in total. The average Bonchev–Trinajstić information content (AvgIpc) is 3.17. The molecule has 0 spiro atoms. The molecule has 4 nitrogen and oxygen atoms in total. The van der Waals surface area contributed by atoms with E-state index in [9.17, 15) is 4.79 Å². The summed E-state index contributed by atoms with van der Waals surface area (Å²) in [7, 11) is 0. The standard InChI is InChI=1S/C21H27N3O.ClH/c25-21-20(18-8-2-1-3-9-18)10-13-22-24(21)19-11-14-23(15-12-19)16-17-6-4-5-7-17;/h1-3,8-10,13,17,19H,4-7,11-12,14-16H2;1H. The van der Waals surface area contributed by atoms with Gasteiger partial charge in [-0.25, -0.2) is 4.68 Å². The highest BCUT2D eigenvalue weighted by Crippen LogP contribution is 2.28. The van der Waals surface area contributed by atoms with E-state index in [0.717, 1.165) is 43.0 Å². The molecule has 0 bridgehead atoms. The van der Waals surface area contributed by atoms with Gasteiger partial charge in [0.25, 0.3) is 5.56 Å². The van der Waals surface area contributed by atoms with Crippen LogP contribution in [0.1, 0.15) is 44.6 Å². The lowest BCUT2D eigenvalue weighted by Crippen LogP contribution is -2.40. The minimum atomic E-state index is 0. The predicted molar refractivity (Wildman–Crippen MR) is 108 cm³/mol. The molecule has 0 atom stereocenters. The molecule has 2 aromatic rings. The molecule has 26 heavy (non-hydrogen) atoms. The number of hydrogen-bond acceptors (Lipinski definition) is 3. The Balaban J connectivity index is 0.00000196. The van der Waals surface area contributed by atoms with Crippen molar-refractivity contribution in [2.24, 2.45) is 5.92 Å². The number of rotatable bonds is 4. The van der Waals surface area contributed by atoms with Gasteiger partial charge in [0.05, 0.1) is 11.6 Å². The van der Waals surface area contributed by atoms with Crippen molar-refractivity contribution >= 4 is 12.4 Å². The summed E-state index contributed by atoms with van der Waals surface area (Å²) in [6.45, 7) is 3.43. The second-order valence-electron chi connectivity index (χ2n) is 7.54. The predicted octanol–water partition coefficient (Wildman–Crippen LogP) is 4.16. The number of piperidine rings is 1. The number of hydrogen-bond donors (Lipinski definition) is 0. The third kappa shape index (κ3) is 4.18. The molecule has 1 aromatic heterocycles. The van der Waals surface area contributed by atoms with Gasteiger partial charge < -0.3 is 4.90 Å². The molecule has 140 valence electrons. The van der Waals surface area contributed by atoms with Crippen molar-refractivity contribution in [2.75, 3.05) is 19.6 Å². The summed E-state index contributed by atoms with van der Waals surface area (Å²) in [6.07, 6.45) is 9.45. The van der Waals surface area contributed by atoms with Gasteiger partial charge in [0.15, 0.2) is 0 Å².